The van der Waals surface area contributed by atoms with Gasteiger partial charge in [0.1, 0.15) is 23.3 Å². The van der Waals surface area contributed by atoms with Crippen molar-refractivity contribution in [2.45, 2.75) is 30.7 Å². The molecule has 0 spiro atoms. The fourth-order valence-electron chi connectivity index (χ4n) is 5.64. The molecular weight excluding hydrogens is 505 g/mol. The Bertz CT molecular complexity index is 1340. The molecule has 2 unspecified atom stereocenters. The Hall–Kier alpha value is -3.69. The van der Waals surface area contributed by atoms with Gasteiger partial charge >= 0.3 is 6.03 Å². The van der Waals surface area contributed by atoms with E-state index in [-0.39, 0.29) is 18.7 Å². The second-order valence-corrected chi connectivity index (χ2v) is 10.1. The van der Waals surface area contributed by atoms with Gasteiger partial charge in [-0.05, 0) is 54.0 Å². The fraction of sp³-hybridized carbons (Fsp3) is 0.333. The molecule has 39 heavy (non-hydrogen) atoms. The highest BCUT2D eigenvalue weighted by Gasteiger charge is 2.47. The van der Waals surface area contributed by atoms with E-state index < -0.39 is 42.0 Å². The van der Waals surface area contributed by atoms with E-state index in [0.717, 1.165) is 23.9 Å². The molecule has 0 radical (unpaired) electrons. The van der Waals surface area contributed by atoms with E-state index in [9.17, 15) is 18.7 Å². The van der Waals surface area contributed by atoms with Crippen molar-refractivity contribution in [3.05, 3.63) is 107 Å². The Balaban J connectivity index is 1.40. The number of benzene rings is 2. The third-order valence-corrected chi connectivity index (χ3v) is 7.75. The number of carbonyl (C=O) groups excluding carboxylic acids is 1. The molecule has 5 rings (SSSR count). The van der Waals surface area contributed by atoms with Gasteiger partial charge in [0.25, 0.3) is 0 Å². The van der Waals surface area contributed by atoms with E-state index in [1.54, 1.807) is 43.6 Å². The molecule has 0 saturated carbocycles. The number of piperidine rings is 1. The van der Waals surface area contributed by atoms with Crippen molar-refractivity contribution >= 4 is 11.6 Å². The third-order valence-electron chi connectivity index (χ3n) is 7.75. The predicted octanol–water partition coefficient (Wildman–Crippen LogP) is 4.61. The Morgan fingerprint density at radius 2 is 1.90 bits per heavy atom. The first kappa shape index (κ1) is 26.9. The second-order valence-electron chi connectivity index (χ2n) is 10.1. The number of urea groups is 1. The monoisotopic (exact) mass is 536 g/mol. The van der Waals surface area contributed by atoms with Crippen molar-refractivity contribution in [3.8, 4) is 0 Å². The second kappa shape index (κ2) is 11.2. The fourth-order valence-corrected chi connectivity index (χ4v) is 5.64. The van der Waals surface area contributed by atoms with Crippen molar-refractivity contribution in [2.24, 2.45) is 0 Å². The molecule has 1 saturated heterocycles. The Labute approximate surface area is 226 Å². The van der Waals surface area contributed by atoms with Crippen LogP contribution in [0, 0.1) is 11.6 Å². The number of aliphatic hydroxyl groups excluding tert-OH is 1. The number of halogens is 3. The normalized spacial score (nSPS) is 23.5. The molecule has 1 aromatic heterocycles. The lowest BCUT2D eigenvalue weighted by Crippen LogP contribution is -2.58. The van der Waals surface area contributed by atoms with Crippen LogP contribution in [-0.2, 0) is 12.1 Å². The van der Waals surface area contributed by atoms with Gasteiger partial charge in [0.2, 0.25) is 0 Å². The van der Waals surface area contributed by atoms with Crippen LogP contribution in [0.3, 0.4) is 0 Å². The van der Waals surface area contributed by atoms with Gasteiger partial charge in [0.05, 0.1) is 18.3 Å². The van der Waals surface area contributed by atoms with Crippen molar-refractivity contribution in [1.29, 1.82) is 0 Å². The summed E-state index contributed by atoms with van der Waals surface area (Å²) in [6.07, 6.45) is 2.44. The van der Waals surface area contributed by atoms with Crippen molar-refractivity contribution in [1.82, 2.24) is 19.7 Å². The summed E-state index contributed by atoms with van der Waals surface area (Å²) in [5.41, 5.74) is 0.527. The lowest BCUT2D eigenvalue weighted by molar-refractivity contribution is 0.0332. The maximum absolute atomic E-state index is 15.5. The molecule has 9 heteroatoms. The van der Waals surface area contributed by atoms with Crippen molar-refractivity contribution in [2.75, 3.05) is 33.3 Å². The standard InChI is InChI=1S/C30H31F3N4O2/c1-35(28-12-14-36(19-27(28)33)18-24-9-5-6-13-34-24)29(39)37-17-21(25-15-23(31)10-11-26(25)32)16-30(37,20-38)22-7-3-2-4-8-22/h2-11,13,15-16,27-28,38H,12,14,17-20H2,1H3/t27?,28?,30-/m1/s1. The first-order valence-electron chi connectivity index (χ1n) is 13.0. The van der Waals surface area contributed by atoms with Crippen LogP contribution >= 0.6 is 0 Å². The first-order valence-corrected chi connectivity index (χ1v) is 13.0. The van der Waals surface area contributed by atoms with E-state index >= 15 is 4.39 Å². The highest BCUT2D eigenvalue weighted by atomic mass is 19.1. The van der Waals surface area contributed by atoms with Crippen molar-refractivity contribution < 1.29 is 23.1 Å². The summed E-state index contributed by atoms with van der Waals surface area (Å²) in [6.45, 7) is 0.695. The number of aromatic nitrogens is 1. The number of rotatable bonds is 6. The molecule has 3 aromatic rings. The van der Waals surface area contributed by atoms with E-state index in [4.69, 9.17) is 0 Å². The van der Waals surface area contributed by atoms with Crippen LogP contribution in [0.5, 0.6) is 0 Å². The highest BCUT2D eigenvalue weighted by Crippen LogP contribution is 2.41. The van der Waals surface area contributed by atoms with Gasteiger partial charge in [-0.15, -0.1) is 0 Å². The summed E-state index contributed by atoms with van der Waals surface area (Å²) < 4.78 is 44.3. The zero-order valence-corrected chi connectivity index (χ0v) is 21.7. The molecule has 2 aliphatic rings. The van der Waals surface area contributed by atoms with Gasteiger partial charge in [-0.2, -0.15) is 0 Å². The average Bonchev–Trinajstić information content (AvgIpc) is 3.35. The average molecular weight is 537 g/mol. The maximum Gasteiger partial charge on any atom is 0.321 e. The molecule has 3 heterocycles. The summed E-state index contributed by atoms with van der Waals surface area (Å²) in [7, 11) is 1.56. The van der Waals surface area contributed by atoms with Gasteiger partial charge in [-0.25, -0.2) is 18.0 Å². The van der Waals surface area contributed by atoms with E-state index in [1.807, 2.05) is 29.2 Å². The van der Waals surface area contributed by atoms with Crippen LogP contribution in [-0.4, -0.2) is 76.3 Å². The zero-order chi connectivity index (χ0) is 27.6. The van der Waals surface area contributed by atoms with Gasteiger partial charge in [-0.1, -0.05) is 36.4 Å². The molecule has 0 aliphatic carbocycles. The van der Waals surface area contributed by atoms with Crippen LogP contribution < -0.4 is 0 Å². The van der Waals surface area contributed by atoms with Gasteiger partial charge in [-0.3, -0.25) is 9.88 Å². The number of amides is 2. The SMILES string of the molecule is CN(C(=O)N1CC(c2cc(F)ccc2F)=C[C@@]1(CO)c1ccccc1)C1CCN(Cc2ccccn2)CC1F. The lowest BCUT2D eigenvalue weighted by atomic mass is 9.89. The van der Waals surface area contributed by atoms with Gasteiger partial charge in [0, 0.05) is 45.0 Å². The summed E-state index contributed by atoms with van der Waals surface area (Å²) in [5.74, 6) is -1.24. The first-order chi connectivity index (χ1) is 18.8. The number of alkyl halides is 1. The summed E-state index contributed by atoms with van der Waals surface area (Å²) in [5, 5.41) is 10.7. The summed E-state index contributed by atoms with van der Waals surface area (Å²) in [4.78, 5) is 23.1. The number of nitrogens with zero attached hydrogens (tertiary/aromatic N) is 4. The topological polar surface area (TPSA) is 59.9 Å². The number of hydrogen-bond donors (Lipinski definition) is 1. The Morgan fingerprint density at radius 1 is 1.13 bits per heavy atom. The number of aliphatic hydroxyl groups is 1. The molecule has 0 bridgehead atoms. The Morgan fingerprint density at radius 3 is 2.59 bits per heavy atom. The third kappa shape index (κ3) is 5.29. The lowest BCUT2D eigenvalue weighted by Gasteiger charge is -2.43. The number of hydrogen-bond acceptors (Lipinski definition) is 4. The Kier molecular flexibility index (Phi) is 7.72. The number of carbonyl (C=O) groups is 1. The number of likely N-dealkylation sites (tertiary alicyclic amines) is 1. The van der Waals surface area contributed by atoms with E-state index in [2.05, 4.69) is 4.98 Å². The largest absolute Gasteiger partial charge is 0.393 e. The molecule has 2 aliphatic heterocycles. The predicted molar refractivity (Wildman–Crippen MR) is 142 cm³/mol. The van der Waals surface area contributed by atoms with Crippen LogP contribution in [0.15, 0.2) is 79.0 Å². The molecule has 6 nitrogen and oxygen atoms in total. The van der Waals surface area contributed by atoms with E-state index in [0.29, 0.717) is 30.6 Å². The molecule has 1 N–H and O–H groups in total. The van der Waals surface area contributed by atoms with E-state index in [1.165, 1.54) is 9.80 Å². The van der Waals surface area contributed by atoms with Gasteiger partial charge in [0.15, 0.2) is 0 Å². The minimum atomic E-state index is -1.33. The molecular formula is C30H31F3N4O2. The zero-order valence-electron chi connectivity index (χ0n) is 21.7. The molecule has 1 fully saturated rings. The van der Waals surface area contributed by atoms with Crippen LogP contribution in [0.1, 0.15) is 23.2 Å². The van der Waals surface area contributed by atoms with Crippen LogP contribution in [0.4, 0.5) is 18.0 Å². The van der Waals surface area contributed by atoms with Gasteiger partial charge < -0.3 is 14.9 Å². The minimum absolute atomic E-state index is 0.0212. The number of pyridine rings is 1. The molecule has 3 atom stereocenters. The maximum atomic E-state index is 15.5. The summed E-state index contributed by atoms with van der Waals surface area (Å²) >= 11 is 0. The smallest absolute Gasteiger partial charge is 0.321 e. The minimum Gasteiger partial charge on any atom is -0.393 e. The van der Waals surface area contributed by atoms with Crippen LogP contribution in [0.2, 0.25) is 0 Å². The summed E-state index contributed by atoms with van der Waals surface area (Å²) in [6, 6.07) is 16.5. The van der Waals surface area contributed by atoms with Crippen LogP contribution in [0.25, 0.3) is 5.57 Å². The molecule has 204 valence electrons. The molecule has 2 aromatic carbocycles. The quantitative estimate of drug-likeness (QED) is 0.500. The highest BCUT2D eigenvalue weighted by molar-refractivity contribution is 5.83. The van der Waals surface area contributed by atoms with Crippen molar-refractivity contribution in [3.63, 3.8) is 0 Å². The molecule has 2 amide bonds.